The number of aromatic hydroxyl groups is 1. The summed E-state index contributed by atoms with van der Waals surface area (Å²) < 4.78 is 1.50. The normalized spacial score (nSPS) is 11.0. The van der Waals surface area contributed by atoms with E-state index in [0.29, 0.717) is 12.3 Å². The number of carboxylic acids is 1. The summed E-state index contributed by atoms with van der Waals surface area (Å²) in [7, 11) is 0. The van der Waals surface area contributed by atoms with E-state index in [1.54, 1.807) is 0 Å². The van der Waals surface area contributed by atoms with E-state index in [-0.39, 0.29) is 17.0 Å². The molecule has 118 valence electrons. The summed E-state index contributed by atoms with van der Waals surface area (Å²) in [4.78, 5) is 26.6. The fourth-order valence-corrected chi connectivity index (χ4v) is 2.10. The minimum Gasteiger partial charge on any atom is -0.507 e. The van der Waals surface area contributed by atoms with Crippen molar-refractivity contribution in [1.82, 2.24) is 19.9 Å². The van der Waals surface area contributed by atoms with Crippen LogP contribution in [0.4, 0.5) is 0 Å². The maximum Gasteiger partial charge on any atom is 0.322 e. The van der Waals surface area contributed by atoms with Gasteiger partial charge in [-0.15, -0.1) is 0 Å². The van der Waals surface area contributed by atoms with Gasteiger partial charge in [-0.25, -0.2) is 9.50 Å². The van der Waals surface area contributed by atoms with Crippen molar-refractivity contribution in [3.63, 3.8) is 0 Å². The van der Waals surface area contributed by atoms with Crippen LogP contribution >= 0.6 is 0 Å². The number of hydrogen-bond donors (Lipinski definition) is 3. The van der Waals surface area contributed by atoms with Gasteiger partial charge in [0.1, 0.15) is 24.2 Å². The molecule has 0 radical (unpaired) electrons. The van der Waals surface area contributed by atoms with E-state index in [2.05, 4.69) is 29.2 Å². The third-order valence-corrected chi connectivity index (χ3v) is 3.21. The molecular formula is C14H18N4O4. The van der Waals surface area contributed by atoms with Crippen LogP contribution in [0.1, 0.15) is 36.3 Å². The Hall–Kier alpha value is -2.64. The van der Waals surface area contributed by atoms with Gasteiger partial charge in [0.05, 0.1) is 0 Å². The lowest BCUT2D eigenvalue weighted by Crippen LogP contribution is -2.30. The first-order valence-electron chi connectivity index (χ1n) is 6.94. The van der Waals surface area contributed by atoms with Crippen LogP contribution in [0.2, 0.25) is 0 Å². The first-order valence-corrected chi connectivity index (χ1v) is 6.94. The molecule has 0 spiro atoms. The SMILES string of the molecule is CC(C)CCc1cc(O)c(C(=O)NCC(=O)O)c2ncnn12. The Morgan fingerprint density at radius 1 is 1.41 bits per heavy atom. The molecule has 0 saturated heterocycles. The van der Waals surface area contributed by atoms with Gasteiger partial charge in [0, 0.05) is 11.8 Å². The minimum atomic E-state index is -1.17. The Kier molecular flexibility index (Phi) is 4.59. The zero-order valence-electron chi connectivity index (χ0n) is 12.4. The van der Waals surface area contributed by atoms with Gasteiger partial charge in [-0.2, -0.15) is 5.10 Å². The topological polar surface area (TPSA) is 117 Å². The van der Waals surface area contributed by atoms with Crippen molar-refractivity contribution in [3.8, 4) is 5.75 Å². The Bertz CT molecular complexity index is 708. The quantitative estimate of drug-likeness (QED) is 0.728. The van der Waals surface area contributed by atoms with Crippen molar-refractivity contribution in [2.75, 3.05) is 6.54 Å². The molecule has 2 heterocycles. The molecule has 0 atom stereocenters. The van der Waals surface area contributed by atoms with Crippen LogP contribution in [0.15, 0.2) is 12.4 Å². The number of aryl methyl sites for hydroxylation is 1. The van der Waals surface area contributed by atoms with E-state index in [1.165, 1.54) is 16.9 Å². The number of carbonyl (C=O) groups excluding carboxylic acids is 1. The lowest BCUT2D eigenvalue weighted by atomic mass is 10.1. The van der Waals surface area contributed by atoms with E-state index in [0.717, 1.165) is 12.1 Å². The number of nitrogens with zero attached hydrogens (tertiary/aromatic N) is 3. The van der Waals surface area contributed by atoms with Gasteiger partial charge in [-0.3, -0.25) is 9.59 Å². The number of hydrogen-bond acceptors (Lipinski definition) is 5. The molecule has 8 heteroatoms. The second-order valence-corrected chi connectivity index (χ2v) is 5.40. The van der Waals surface area contributed by atoms with Crippen LogP contribution in [0.25, 0.3) is 5.65 Å². The number of aromatic nitrogens is 3. The van der Waals surface area contributed by atoms with Crippen LogP contribution < -0.4 is 5.32 Å². The highest BCUT2D eigenvalue weighted by Crippen LogP contribution is 2.24. The van der Waals surface area contributed by atoms with Gasteiger partial charge in [-0.05, 0) is 18.8 Å². The molecular weight excluding hydrogens is 288 g/mol. The van der Waals surface area contributed by atoms with Crippen LogP contribution in [0.3, 0.4) is 0 Å². The summed E-state index contributed by atoms with van der Waals surface area (Å²) in [6, 6.07) is 1.47. The number of nitrogens with one attached hydrogen (secondary N) is 1. The molecule has 0 saturated carbocycles. The summed E-state index contributed by atoms with van der Waals surface area (Å²) >= 11 is 0. The van der Waals surface area contributed by atoms with E-state index < -0.39 is 18.4 Å². The molecule has 8 nitrogen and oxygen atoms in total. The first kappa shape index (κ1) is 15.7. The summed E-state index contributed by atoms with van der Waals surface area (Å²) in [6.45, 7) is 3.64. The van der Waals surface area contributed by atoms with Crippen LogP contribution in [-0.4, -0.2) is 43.2 Å². The Balaban J connectivity index is 2.38. The number of carboxylic acid groups (broad SMARTS) is 1. The number of pyridine rings is 1. The molecule has 0 aliphatic heterocycles. The zero-order chi connectivity index (χ0) is 16.3. The van der Waals surface area contributed by atoms with Gasteiger partial charge in [0.25, 0.3) is 5.91 Å². The Labute approximate surface area is 126 Å². The third-order valence-electron chi connectivity index (χ3n) is 3.21. The summed E-state index contributed by atoms with van der Waals surface area (Å²) in [5.41, 5.74) is 0.877. The molecule has 3 N–H and O–H groups in total. The van der Waals surface area contributed by atoms with Crippen molar-refractivity contribution in [2.45, 2.75) is 26.7 Å². The molecule has 2 aromatic rings. The maximum absolute atomic E-state index is 12.0. The predicted octanol–water partition coefficient (Wildman–Crippen LogP) is 0.838. The number of carbonyl (C=O) groups is 2. The fraction of sp³-hybridized carbons (Fsp3) is 0.429. The molecule has 2 aromatic heterocycles. The average Bonchev–Trinajstić information content (AvgIpc) is 2.91. The maximum atomic E-state index is 12.0. The second-order valence-electron chi connectivity index (χ2n) is 5.40. The molecule has 0 aliphatic carbocycles. The van der Waals surface area contributed by atoms with Gasteiger partial charge in [-0.1, -0.05) is 13.8 Å². The largest absolute Gasteiger partial charge is 0.507 e. The van der Waals surface area contributed by atoms with E-state index in [9.17, 15) is 14.7 Å². The molecule has 0 aliphatic rings. The van der Waals surface area contributed by atoms with Gasteiger partial charge < -0.3 is 15.5 Å². The Morgan fingerprint density at radius 2 is 2.14 bits per heavy atom. The molecule has 0 unspecified atom stereocenters. The standard InChI is InChI=1S/C14H18N4O4/c1-8(2)3-4-9-5-10(19)12(13-16-7-17-18(9)13)14(22)15-6-11(20)21/h5,7-8,19H,3-4,6H2,1-2H3,(H,15,22)(H,20,21). The number of amides is 1. The lowest BCUT2D eigenvalue weighted by Gasteiger charge is -2.11. The monoisotopic (exact) mass is 306 g/mol. The average molecular weight is 306 g/mol. The second kappa shape index (κ2) is 6.42. The summed E-state index contributed by atoms with van der Waals surface area (Å²) in [5.74, 6) is -1.62. The molecule has 0 bridgehead atoms. The summed E-state index contributed by atoms with van der Waals surface area (Å²) in [5, 5.41) is 25.0. The predicted molar refractivity (Wildman–Crippen MR) is 77.8 cm³/mol. The molecule has 1 amide bonds. The highest BCUT2D eigenvalue weighted by molar-refractivity contribution is 6.03. The van der Waals surface area contributed by atoms with E-state index >= 15 is 0 Å². The van der Waals surface area contributed by atoms with Crippen LogP contribution in [0.5, 0.6) is 5.75 Å². The van der Waals surface area contributed by atoms with Crippen molar-refractivity contribution in [2.24, 2.45) is 5.92 Å². The molecule has 22 heavy (non-hydrogen) atoms. The van der Waals surface area contributed by atoms with Crippen LogP contribution in [-0.2, 0) is 11.2 Å². The first-order chi connectivity index (χ1) is 10.4. The smallest absolute Gasteiger partial charge is 0.322 e. The molecule has 2 rings (SSSR count). The van der Waals surface area contributed by atoms with Crippen molar-refractivity contribution in [1.29, 1.82) is 0 Å². The third kappa shape index (κ3) is 3.33. The van der Waals surface area contributed by atoms with Crippen molar-refractivity contribution >= 4 is 17.5 Å². The minimum absolute atomic E-state index is 0.0768. The van der Waals surface area contributed by atoms with Gasteiger partial charge in [0.2, 0.25) is 0 Å². The Morgan fingerprint density at radius 3 is 2.77 bits per heavy atom. The number of aliphatic carboxylic acids is 1. The van der Waals surface area contributed by atoms with Crippen molar-refractivity contribution in [3.05, 3.63) is 23.7 Å². The van der Waals surface area contributed by atoms with Gasteiger partial charge in [0.15, 0.2) is 5.65 Å². The van der Waals surface area contributed by atoms with Gasteiger partial charge >= 0.3 is 5.97 Å². The van der Waals surface area contributed by atoms with Crippen LogP contribution in [0, 0.1) is 5.92 Å². The summed E-state index contributed by atoms with van der Waals surface area (Å²) in [6.07, 6.45) is 2.88. The van der Waals surface area contributed by atoms with E-state index in [1.807, 2.05) is 0 Å². The van der Waals surface area contributed by atoms with E-state index in [4.69, 9.17) is 5.11 Å². The number of fused-ring (bicyclic) bond motifs is 1. The van der Waals surface area contributed by atoms with Crippen molar-refractivity contribution < 1.29 is 19.8 Å². The fourth-order valence-electron chi connectivity index (χ4n) is 2.10. The highest BCUT2D eigenvalue weighted by Gasteiger charge is 2.20. The lowest BCUT2D eigenvalue weighted by molar-refractivity contribution is -0.135. The molecule has 0 aromatic carbocycles. The highest BCUT2D eigenvalue weighted by atomic mass is 16.4. The molecule has 0 fully saturated rings. The zero-order valence-corrected chi connectivity index (χ0v) is 12.4. The number of rotatable bonds is 6.